The number of anilines is 2. The van der Waals surface area contributed by atoms with Gasteiger partial charge in [0.15, 0.2) is 0 Å². The molecule has 0 aliphatic carbocycles. The number of rotatable bonds is 5. The number of hydrogen-bond donors (Lipinski definition) is 2. The van der Waals surface area contributed by atoms with E-state index >= 15 is 0 Å². The number of amides is 1. The van der Waals surface area contributed by atoms with Crippen molar-refractivity contribution in [1.29, 1.82) is 0 Å². The van der Waals surface area contributed by atoms with Crippen molar-refractivity contribution in [3.8, 4) is 0 Å². The Morgan fingerprint density at radius 1 is 1.37 bits per heavy atom. The van der Waals surface area contributed by atoms with Crippen LogP contribution >= 0.6 is 0 Å². The SMILES string of the molecule is CCCc1ccccc1NC(=O)Cn1ccc(N)n1. The lowest BCUT2D eigenvalue weighted by molar-refractivity contribution is -0.116. The molecule has 2 aromatic rings. The fraction of sp³-hybridized carbons (Fsp3) is 0.286. The van der Waals surface area contributed by atoms with Crippen LogP contribution in [0.25, 0.3) is 0 Å². The quantitative estimate of drug-likeness (QED) is 0.862. The predicted octanol–water partition coefficient (Wildman–Crippen LogP) is 2.06. The largest absolute Gasteiger partial charge is 0.382 e. The van der Waals surface area contributed by atoms with Crippen LogP contribution in [-0.2, 0) is 17.8 Å². The number of nitrogen functional groups attached to an aromatic ring is 1. The molecule has 1 heterocycles. The van der Waals surface area contributed by atoms with Crippen molar-refractivity contribution in [2.45, 2.75) is 26.3 Å². The Kier molecular flexibility index (Phi) is 4.18. The fourth-order valence-electron chi connectivity index (χ4n) is 1.93. The first-order chi connectivity index (χ1) is 9.19. The van der Waals surface area contributed by atoms with E-state index in [4.69, 9.17) is 5.73 Å². The molecule has 1 aromatic carbocycles. The topological polar surface area (TPSA) is 72.9 Å². The van der Waals surface area contributed by atoms with E-state index in [-0.39, 0.29) is 12.5 Å². The lowest BCUT2D eigenvalue weighted by Gasteiger charge is -2.10. The van der Waals surface area contributed by atoms with Crippen molar-refractivity contribution in [3.63, 3.8) is 0 Å². The summed E-state index contributed by atoms with van der Waals surface area (Å²) < 4.78 is 1.52. The normalized spacial score (nSPS) is 10.4. The second-order valence-corrected chi connectivity index (χ2v) is 4.39. The highest BCUT2D eigenvalue weighted by molar-refractivity contribution is 5.91. The summed E-state index contributed by atoms with van der Waals surface area (Å²) in [5.41, 5.74) is 7.53. The highest BCUT2D eigenvalue weighted by Gasteiger charge is 2.07. The van der Waals surface area contributed by atoms with Crippen LogP contribution in [0.4, 0.5) is 11.5 Å². The highest BCUT2D eigenvalue weighted by Crippen LogP contribution is 2.16. The number of nitrogens with zero attached hydrogens (tertiary/aromatic N) is 2. The maximum Gasteiger partial charge on any atom is 0.246 e. The number of nitrogens with one attached hydrogen (secondary N) is 1. The molecule has 0 aliphatic heterocycles. The summed E-state index contributed by atoms with van der Waals surface area (Å²) in [6.45, 7) is 2.28. The number of aryl methyl sites for hydroxylation is 1. The van der Waals surface area contributed by atoms with Gasteiger partial charge >= 0.3 is 0 Å². The third-order valence-corrected chi connectivity index (χ3v) is 2.78. The van der Waals surface area contributed by atoms with Gasteiger partial charge in [-0.2, -0.15) is 5.10 Å². The van der Waals surface area contributed by atoms with Gasteiger partial charge in [-0.1, -0.05) is 31.5 Å². The second kappa shape index (κ2) is 6.04. The van der Waals surface area contributed by atoms with E-state index in [1.54, 1.807) is 12.3 Å². The number of aromatic nitrogens is 2. The zero-order valence-electron chi connectivity index (χ0n) is 11.0. The van der Waals surface area contributed by atoms with Gasteiger partial charge in [0.1, 0.15) is 12.4 Å². The average molecular weight is 258 g/mol. The molecule has 2 rings (SSSR count). The molecule has 1 aromatic heterocycles. The summed E-state index contributed by atoms with van der Waals surface area (Å²) in [5, 5.41) is 6.90. The van der Waals surface area contributed by atoms with Crippen molar-refractivity contribution in [1.82, 2.24) is 9.78 Å². The van der Waals surface area contributed by atoms with E-state index in [9.17, 15) is 4.79 Å². The lowest BCUT2D eigenvalue weighted by atomic mass is 10.1. The summed E-state index contributed by atoms with van der Waals surface area (Å²) in [7, 11) is 0. The Morgan fingerprint density at radius 3 is 2.84 bits per heavy atom. The van der Waals surface area contributed by atoms with Gasteiger partial charge in [-0.3, -0.25) is 9.48 Å². The first-order valence-corrected chi connectivity index (χ1v) is 6.35. The van der Waals surface area contributed by atoms with Gasteiger partial charge in [0, 0.05) is 11.9 Å². The lowest BCUT2D eigenvalue weighted by Crippen LogP contribution is -2.20. The molecule has 0 bridgehead atoms. The van der Waals surface area contributed by atoms with Crippen molar-refractivity contribution in [3.05, 3.63) is 42.1 Å². The molecule has 5 nitrogen and oxygen atoms in total. The van der Waals surface area contributed by atoms with Gasteiger partial charge < -0.3 is 11.1 Å². The van der Waals surface area contributed by atoms with Gasteiger partial charge in [0.25, 0.3) is 0 Å². The molecule has 0 spiro atoms. The Hall–Kier alpha value is -2.30. The van der Waals surface area contributed by atoms with Crippen LogP contribution < -0.4 is 11.1 Å². The molecule has 0 saturated carbocycles. The van der Waals surface area contributed by atoms with Crippen molar-refractivity contribution < 1.29 is 4.79 Å². The van der Waals surface area contributed by atoms with Gasteiger partial charge in [-0.15, -0.1) is 0 Å². The number of carbonyl (C=O) groups is 1. The third kappa shape index (κ3) is 3.58. The Morgan fingerprint density at radius 2 is 2.16 bits per heavy atom. The molecule has 0 radical (unpaired) electrons. The maximum atomic E-state index is 11.9. The van der Waals surface area contributed by atoms with Crippen LogP contribution in [0.5, 0.6) is 0 Å². The van der Waals surface area contributed by atoms with Crippen LogP contribution in [0.15, 0.2) is 36.5 Å². The minimum Gasteiger partial charge on any atom is -0.382 e. The van der Waals surface area contributed by atoms with Crippen LogP contribution in [0.1, 0.15) is 18.9 Å². The van der Waals surface area contributed by atoms with E-state index in [1.165, 1.54) is 4.68 Å². The summed E-state index contributed by atoms with van der Waals surface area (Å²) >= 11 is 0. The molecule has 0 fully saturated rings. The minimum atomic E-state index is -0.105. The first-order valence-electron chi connectivity index (χ1n) is 6.35. The molecular formula is C14H18N4O. The maximum absolute atomic E-state index is 11.9. The Labute approximate surface area is 112 Å². The minimum absolute atomic E-state index is 0.105. The van der Waals surface area contributed by atoms with Crippen molar-refractivity contribution >= 4 is 17.4 Å². The monoisotopic (exact) mass is 258 g/mol. The van der Waals surface area contributed by atoms with Crippen molar-refractivity contribution in [2.75, 3.05) is 11.1 Å². The molecule has 0 unspecified atom stereocenters. The van der Waals surface area contributed by atoms with E-state index in [0.29, 0.717) is 5.82 Å². The standard InChI is InChI=1S/C14H18N4O/c1-2-5-11-6-3-4-7-12(11)16-14(19)10-18-9-8-13(15)17-18/h3-4,6-9H,2,5,10H2,1H3,(H2,15,17)(H,16,19). The molecule has 5 heteroatoms. The summed E-state index contributed by atoms with van der Waals surface area (Å²) in [5.74, 6) is 0.311. The van der Waals surface area contributed by atoms with E-state index < -0.39 is 0 Å². The molecule has 19 heavy (non-hydrogen) atoms. The van der Waals surface area contributed by atoms with Gasteiger partial charge in [-0.25, -0.2) is 0 Å². The number of hydrogen-bond acceptors (Lipinski definition) is 3. The molecule has 0 atom stereocenters. The van der Waals surface area contributed by atoms with Gasteiger partial charge in [-0.05, 0) is 24.1 Å². The molecule has 100 valence electrons. The summed E-state index contributed by atoms with van der Waals surface area (Å²) in [6.07, 6.45) is 3.68. The van der Waals surface area contributed by atoms with Crippen LogP contribution in [0.2, 0.25) is 0 Å². The third-order valence-electron chi connectivity index (χ3n) is 2.78. The fourth-order valence-corrected chi connectivity index (χ4v) is 1.93. The predicted molar refractivity (Wildman–Crippen MR) is 75.7 cm³/mol. The van der Waals surface area contributed by atoms with Crippen LogP contribution in [0.3, 0.4) is 0 Å². The Balaban J connectivity index is 2.02. The number of benzene rings is 1. The van der Waals surface area contributed by atoms with E-state index in [2.05, 4.69) is 17.3 Å². The number of nitrogens with two attached hydrogens (primary N) is 1. The van der Waals surface area contributed by atoms with Gasteiger partial charge in [0.05, 0.1) is 0 Å². The summed E-state index contributed by atoms with van der Waals surface area (Å²) in [6, 6.07) is 9.51. The first kappa shape index (κ1) is 13.1. The van der Waals surface area contributed by atoms with Gasteiger partial charge in [0.2, 0.25) is 5.91 Å². The van der Waals surface area contributed by atoms with Crippen LogP contribution in [0, 0.1) is 0 Å². The van der Waals surface area contributed by atoms with E-state index in [1.807, 2.05) is 24.3 Å². The van der Waals surface area contributed by atoms with E-state index in [0.717, 1.165) is 24.1 Å². The second-order valence-electron chi connectivity index (χ2n) is 4.39. The number of para-hydroxylation sites is 1. The zero-order chi connectivity index (χ0) is 13.7. The zero-order valence-corrected chi connectivity index (χ0v) is 11.0. The molecule has 0 aliphatic rings. The highest BCUT2D eigenvalue weighted by atomic mass is 16.2. The number of carbonyl (C=O) groups excluding carboxylic acids is 1. The van der Waals surface area contributed by atoms with Crippen LogP contribution in [-0.4, -0.2) is 15.7 Å². The molecule has 3 N–H and O–H groups in total. The molecule has 1 amide bonds. The molecule has 0 saturated heterocycles. The smallest absolute Gasteiger partial charge is 0.246 e. The van der Waals surface area contributed by atoms with Crippen molar-refractivity contribution in [2.24, 2.45) is 0 Å². The Bertz CT molecular complexity index is 562. The summed E-state index contributed by atoms with van der Waals surface area (Å²) in [4.78, 5) is 11.9. The molecular weight excluding hydrogens is 240 g/mol. The average Bonchev–Trinajstić information content (AvgIpc) is 2.77.